The summed E-state index contributed by atoms with van der Waals surface area (Å²) in [6.45, 7) is 5.69. The molecule has 15 heavy (non-hydrogen) atoms. The summed E-state index contributed by atoms with van der Waals surface area (Å²) in [6, 6.07) is 2.15. The van der Waals surface area contributed by atoms with Crippen LogP contribution in [-0.4, -0.2) is 16.3 Å². The minimum atomic E-state index is 0.148. The van der Waals surface area contributed by atoms with Gasteiger partial charge in [-0.25, -0.2) is 0 Å². The first-order valence-electron chi connectivity index (χ1n) is 5.87. The molecule has 1 unspecified atom stereocenters. The molecule has 1 aromatic rings. The standard InChI is InChI=1S/C12H21N3/c1-10(2)9-12(6-4-7-13-12)11-5-8-15(3)14-11/h5,8,10,13H,4,6-7,9H2,1-3H3. The fraction of sp³-hybridized carbons (Fsp3) is 0.750. The van der Waals surface area contributed by atoms with Crippen LogP contribution in [0.25, 0.3) is 0 Å². The van der Waals surface area contributed by atoms with Crippen LogP contribution in [-0.2, 0) is 12.6 Å². The van der Waals surface area contributed by atoms with E-state index in [1.165, 1.54) is 25.0 Å². The number of aryl methyl sites for hydroxylation is 1. The largest absolute Gasteiger partial charge is 0.306 e. The number of rotatable bonds is 3. The Balaban J connectivity index is 2.26. The molecule has 0 bridgehead atoms. The molecule has 84 valence electrons. The molecule has 3 nitrogen and oxygen atoms in total. The summed E-state index contributed by atoms with van der Waals surface area (Å²) in [5.41, 5.74) is 1.37. The van der Waals surface area contributed by atoms with Gasteiger partial charge in [0, 0.05) is 13.2 Å². The predicted molar refractivity (Wildman–Crippen MR) is 61.6 cm³/mol. The molecule has 1 N–H and O–H groups in total. The molecule has 1 atom stereocenters. The van der Waals surface area contributed by atoms with Crippen molar-refractivity contribution in [1.82, 2.24) is 15.1 Å². The lowest BCUT2D eigenvalue weighted by atomic mass is 9.85. The normalized spacial score (nSPS) is 26.4. The topological polar surface area (TPSA) is 29.9 Å². The van der Waals surface area contributed by atoms with Crippen LogP contribution >= 0.6 is 0 Å². The van der Waals surface area contributed by atoms with Gasteiger partial charge >= 0.3 is 0 Å². The zero-order chi connectivity index (χ0) is 10.9. The smallest absolute Gasteiger partial charge is 0.0825 e. The van der Waals surface area contributed by atoms with Gasteiger partial charge in [-0.15, -0.1) is 0 Å². The fourth-order valence-corrected chi connectivity index (χ4v) is 2.67. The van der Waals surface area contributed by atoms with Crippen molar-refractivity contribution < 1.29 is 0 Å². The summed E-state index contributed by atoms with van der Waals surface area (Å²) in [4.78, 5) is 0. The van der Waals surface area contributed by atoms with Crippen LogP contribution in [0.4, 0.5) is 0 Å². The Morgan fingerprint density at radius 3 is 2.87 bits per heavy atom. The van der Waals surface area contributed by atoms with Crippen LogP contribution in [0.3, 0.4) is 0 Å². The Morgan fingerprint density at radius 2 is 2.40 bits per heavy atom. The molecule has 1 aliphatic rings. The van der Waals surface area contributed by atoms with Gasteiger partial charge in [0.1, 0.15) is 0 Å². The van der Waals surface area contributed by atoms with Crippen LogP contribution < -0.4 is 5.32 Å². The molecule has 0 spiro atoms. The first-order chi connectivity index (χ1) is 7.12. The number of hydrogen-bond donors (Lipinski definition) is 1. The molecular weight excluding hydrogens is 186 g/mol. The molecular formula is C12H21N3. The van der Waals surface area contributed by atoms with E-state index >= 15 is 0 Å². The van der Waals surface area contributed by atoms with Crippen LogP contribution in [0.5, 0.6) is 0 Å². The molecule has 1 aromatic heterocycles. The maximum absolute atomic E-state index is 4.57. The zero-order valence-corrected chi connectivity index (χ0v) is 9.95. The van der Waals surface area contributed by atoms with Crippen molar-refractivity contribution in [1.29, 1.82) is 0 Å². The van der Waals surface area contributed by atoms with Crippen LogP contribution in [0, 0.1) is 5.92 Å². The third-order valence-electron chi connectivity index (χ3n) is 3.20. The van der Waals surface area contributed by atoms with Crippen molar-refractivity contribution in [2.45, 2.75) is 38.6 Å². The first kappa shape index (κ1) is 10.7. The highest BCUT2D eigenvalue weighted by molar-refractivity contribution is 5.16. The van der Waals surface area contributed by atoms with Crippen molar-refractivity contribution in [3.05, 3.63) is 18.0 Å². The highest BCUT2D eigenvalue weighted by atomic mass is 15.3. The van der Waals surface area contributed by atoms with Gasteiger partial charge in [-0.1, -0.05) is 13.8 Å². The Labute approximate surface area is 91.9 Å². The molecule has 1 saturated heterocycles. The first-order valence-corrected chi connectivity index (χ1v) is 5.87. The number of hydrogen-bond acceptors (Lipinski definition) is 2. The Hall–Kier alpha value is -0.830. The summed E-state index contributed by atoms with van der Waals surface area (Å²) in [5.74, 6) is 0.706. The fourth-order valence-electron chi connectivity index (χ4n) is 2.67. The lowest BCUT2D eigenvalue weighted by molar-refractivity contribution is 0.300. The van der Waals surface area contributed by atoms with Crippen molar-refractivity contribution in [3.8, 4) is 0 Å². The molecule has 3 heteroatoms. The minimum Gasteiger partial charge on any atom is -0.306 e. The maximum atomic E-state index is 4.57. The molecule has 0 radical (unpaired) electrons. The highest BCUT2D eigenvalue weighted by Crippen LogP contribution is 2.35. The van der Waals surface area contributed by atoms with E-state index in [1.54, 1.807) is 0 Å². The van der Waals surface area contributed by atoms with Crippen LogP contribution in [0.2, 0.25) is 0 Å². The average Bonchev–Trinajstić information content (AvgIpc) is 2.73. The third-order valence-corrected chi connectivity index (χ3v) is 3.20. The minimum absolute atomic E-state index is 0.148. The summed E-state index contributed by atoms with van der Waals surface area (Å²) in [6.07, 6.45) is 5.72. The van der Waals surface area contributed by atoms with E-state index in [4.69, 9.17) is 0 Å². The lowest BCUT2D eigenvalue weighted by Crippen LogP contribution is -2.38. The quantitative estimate of drug-likeness (QED) is 0.822. The van der Waals surface area contributed by atoms with Gasteiger partial charge in [-0.2, -0.15) is 5.10 Å². The second-order valence-corrected chi connectivity index (χ2v) is 5.09. The highest BCUT2D eigenvalue weighted by Gasteiger charge is 2.37. The van der Waals surface area contributed by atoms with E-state index in [0.717, 1.165) is 6.54 Å². The average molecular weight is 207 g/mol. The van der Waals surface area contributed by atoms with Gasteiger partial charge in [0.15, 0.2) is 0 Å². The van der Waals surface area contributed by atoms with E-state index < -0.39 is 0 Å². The van der Waals surface area contributed by atoms with Crippen molar-refractivity contribution >= 4 is 0 Å². The molecule has 0 amide bonds. The zero-order valence-electron chi connectivity index (χ0n) is 9.95. The molecule has 2 heterocycles. The second-order valence-electron chi connectivity index (χ2n) is 5.09. The summed E-state index contributed by atoms with van der Waals surface area (Å²) in [7, 11) is 1.99. The summed E-state index contributed by atoms with van der Waals surface area (Å²) < 4.78 is 1.90. The van der Waals surface area contributed by atoms with Gasteiger partial charge in [-0.05, 0) is 37.8 Å². The lowest BCUT2D eigenvalue weighted by Gasteiger charge is -2.29. The van der Waals surface area contributed by atoms with E-state index in [1.807, 2.05) is 17.9 Å². The van der Waals surface area contributed by atoms with E-state index in [9.17, 15) is 0 Å². The third kappa shape index (κ3) is 2.07. The number of nitrogens with zero attached hydrogens (tertiary/aromatic N) is 2. The van der Waals surface area contributed by atoms with Crippen molar-refractivity contribution in [2.75, 3.05) is 6.54 Å². The molecule has 0 aromatic carbocycles. The van der Waals surface area contributed by atoms with Gasteiger partial charge in [0.25, 0.3) is 0 Å². The van der Waals surface area contributed by atoms with Gasteiger partial charge < -0.3 is 5.32 Å². The number of nitrogens with one attached hydrogen (secondary N) is 1. The van der Waals surface area contributed by atoms with Crippen LogP contribution in [0.1, 0.15) is 38.8 Å². The predicted octanol–water partition coefficient (Wildman–Crippen LogP) is 2.04. The van der Waals surface area contributed by atoms with E-state index in [-0.39, 0.29) is 5.54 Å². The SMILES string of the molecule is CC(C)CC1(c2ccn(C)n2)CCCN1. The van der Waals surface area contributed by atoms with Crippen LogP contribution in [0.15, 0.2) is 12.3 Å². The van der Waals surface area contributed by atoms with Crippen molar-refractivity contribution in [2.24, 2.45) is 13.0 Å². The van der Waals surface area contributed by atoms with Gasteiger partial charge in [-0.3, -0.25) is 4.68 Å². The molecule has 0 aliphatic carbocycles. The molecule has 1 fully saturated rings. The molecule has 2 rings (SSSR count). The molecule has 0 saturated carbocycles. The Kier molecular flexibility index (Phi) is 2.83. The monoisotopic (exact) mass is 207 g/mol. The van der Waals surface area contributed by atoms with E-state index in [2.05, 4.69) is 30.3 Å². The van der Waals surface area contributed by atoms with E-state index in [0.29, 0.717) is 5.92 Å². The van der Waals surface area contributed by atoms with Gasteiger partial charge in [0.05, 0.1) is 11.2 Å². The molecule has 1 aliphatic heterocycles. The Morgan fingerprint density at radius 1 is 1.60 bits per heavy atom. The Bertz CT molecular complexity index is 321. The summed E-state index contributed by atoms with van der Waals surface area (Å²) in [5, 5.41) is 8.23. The van der Waals surface area contributed by atoms with Gasteiger partial charge in [0.2, 0.25) is 0 Å². The second kappa shape index (κ2) is 3.97. The summed E-state index contributed by atoms with van der Waals surface area (Å²) >= 11 is 0. The number of aromatic nitrogens is 2. The van der Waals surface area contributed by atoms with Crippen molar-refractivity contribution in [3.63, 3.8) is 0 Å². The maximum Gasteiger partial charge on any atom is 0.0825 e.